The van der Waals surface area contributed by atoms with Crippen LogP contribution in [-0.2, 0) is 14.3 Å². The second-order valence-electron chi connectivity index (χ2n) is 4.89. The van der Waals surface area contributed by atoms with Crippen molar-refractivity contribution in [2.75, 3.05) is 17.7 Å². The fraction of sp³-hybridized carbons (Fsp3) is 0.176. The first-order valence-corrected chi connectivity index (χ1v) is 8.41. The number of hydrogen-bond acceptors (Lipinski definition) is 4. The van der Waals surface area contributed by atoms with E-state index in [9.17, 15) is 14.0 Å². The average Bonchev–Trinajstić information content (AvgIpc) is 2.55. The third kappa shape index (κ3) is 5.54. The largest absolute Gasteiger partial charge is 0.455 e. The lowest BCUT2D eigenvalue weighted by molar-refractivity contribution is -0.144. The molecule has 0 spiro atoms. The highest BCUT2D eigenvalue weighted by Gasteiger charge is 2.10. The summed E-state index contributed by atoms with van der Waals surface area (Å²) in [5.41, 5.74) is 1.40. The van der Waals surface area contributed by atoms with Gasteiger partial charge in [-0.1, -0.05) is 29.8 Å². The van der Waals surface area contributed by atoms with Crippen molar-refractivity contribution in [2.24, 2.45) is 0 Å². The van der Waals surface area contributed by atoms with Crippen LogP contribution in [0.2, 0.25) is 5.02 Å². The zero-order chi connectivity index (χ0) is 17.5. The third-order valence-electron chi connectivity index (χ3n) is 3.01. The second kappa shape index (κ2) is 8.70. The Labute approximate surface area is 148 Å². The van der Waals surface area contributed by atoms with E-state index in [4.69, 9.17) is 16.3 Å². The standard InChI is InChI=1S/C17H15ClFNO3S/c1-11-4-2-3-5-15(11)24-10-17(22)23-9-16(21)20-12-6-7-14(19)13(18)8-12/h2-8H,9-10H2,1H3,(H,20,21). The van der Waals surface area contributed by atoms with Crippen LogP contribution in [0.4, 0.5) is 10.1 Å². The second-order valence-corrected chi connectivity index (χ2v) is 6.32. The number of aryl methyl sites for hydroxylation is 1. The van der Waals surface area contributed by atoms with Gasteiger partial charge in [0.15, 0.2) is 6.61 Å². The van der Waals surface area contributed by atoms with E-state index in [-0.39, 0.29) is 10.8 Å². The van der Waals surface area contributed by atoms with Crippen molar-refractivity contribution in [2.45, 2.75) is 11.8 Å². The summed E-state index contributed by atoms with van der Waals surface area (Å²) < 4.78 is 17.9. The summed E-state index contributed by atoms with van der Waals surface area (Å²) in [5.74, 6) is -1.47. The number of halogens is 2. The van der Waals surface area contributed by atoms with E-state index in [1.165, 1.54) is 23.9 Å². The van der Waals surface area contributed by atoms with E-state index in [0.717, 1.165) is 16.5 Å². The molecule has 0 unspecified atom stereocenters. The Kier molecular flexibility index (Phi) is 6.63. The molecule has 0 fully saturated rings. The lowest BCUT2D eigenvalue weighted by Crippen LogP contribution is -2.21. The molecule has 0 saturated heterocycles. The molecule has 0 radical (unpaired) electrons. The van der Waals surface area contributed by atoms with Gasteiger partial charge in [0, 0.05) is 10.6 Å². The molecule has 0 bridgehead atoms. The Bertz CT molecular complexity index is 754. The number of amides is 1. The van der Waals surface area contributed by atoms with Crippen LogP contribution in [0.25, 0.3) is 0 Å². The van der Waals surface area contributed by atoms with Crippen LogP contribution in [0, 0.1) is 12.7 Å². The SMILES string of the molecule is Cc1ccccc1SCC(=O)OCC(=O)Nc1ccc(F)c(Cl)c1. The molecule has 1 amide bonds. The third-order valence-corrected chi connectivity index (χ3v) is 4.45. The van der Waals surface area contributed by atoms with Crippen molar-refractivity contribution in [1.29, 1.82) is 0 Å². The highest BCUT2D eigenvalue weighted by molar-refractivity contribution is 8.00. The van der Waals surface area contributed by atoms with E-state index in [1.807, 2.05) is 31.2 Å². The fourth-order valence-corrected chi connectivity index (χ4v) is 2.82. The predicted molar refractivity (Wildman–Crippen MR) is 92.9 cm³/mol. The summed E-state index contributed by atoms with van der Waals surface area (Å²) in [7, 11) is 0. The van der Waals surface area contributed by atoms with E-state index >= 15 is 0 Å². The Morgan fingerprint density at radius 1 is 1.25 bits per heavy atom. The maximum atomic E-state index is 13.0. The molecule has 126 valence electrons. The van der Waals surface area contributed by atoms with Crippen molar-refractivity contribution < 1.29 is 18.7 Å². The highest BCUT2D eigenvalue weighted by Crippen LogP contribution is 2.22. The number of carbonyl (C=O) groups excluding carboxylic acids is 2. The Morgan fingerprint density at radius 2 is 2.00 bits per heavy atom. The van der Waals surface area contributed by atoms with Crippen LogP contribution in [0.1, 0.15) is 5.56 Å². The molecule has 0 aliphatic carbocycles. The van der Waals surface area contributed by atoms with Crippen LogP contribution >= 0.6 is 23.4 Å². The molecule has 0 atom stereocenters. The first-order chi connectivity index (χ1) is 11.5. The van der Waals surface area contributed by atoms with E-state index < -0.39 is 24.3 Å². The summed E-state index contributed by atoms with van der Waals surface area (Å²) >= 11 is 6.97. The van der Waals surface area contributed by atoms with Gasteiger partial charge in [0.1, 0.15) is 5.82 Å². The molecule has 0 aliphatic rings. The molecule has 0 heterocycles. The highest BCUT2D eigenvalue weighted by atomic mass is 35.5. The molecule has 0 aromatic heterocycles. The minimum atomic E-state index is -0.575. The quantitative estimate of drug-likeness (QED) is 0.618. The lowest BCUT2D eigenvalue weighted by Gasteiger charge is -2.08. The molecule has 0 aliphatic heterocycles. The Hall–Kier alpha value is -2.05. The van der Waals surface area contributed by atoms with Crippen molar-refractivity contribution in [3.8, 4) is 0 Å². The summed E-state index contributed by atoms with van der Waals surface area (Å²) in [6.07, 6.45) is 0. The van der Waals surface area contributed by atoms with Gasteiger partial charge in [-0.15, -0.1) is 11.8 Å². The minimum absolute atomic E-state index is 0.0978. The number of anilines is 1. The topological polar surface area (TPSA) is 55.4 Å². The van der Waals surface area contributed by atoms with Gasteiger partial charge in [-0.2, -0.15) is 0 Å². The van der Waals surface area contributed by atoms with Gasteiger partial charge in [0.05, 0.1) is 10.8 Å². The maximum absolute atomic E-state index is 13.0. The van der Waals surface area contributed by atoms with Gasteiger partial charge >= 0.3 is 5.97 Å². The van der Waals surface area contributed by atoms with Crippen LogP contribution in [-0.4, -0.2) is 24.2 Å². The van der Waals surface area contributed by atoms with Crippen LogP contribution in [0.15, 0.2) is 47.4 Å². The van der Waals surface area contributed by atoms with Crippen molar-refractivity contribution >= 4 is 40.9 Å². The molecule has 1 N–H and O–H groups in total. The molecule has 2 aromatic carbocycles. The lowest BCUT2D eigenvalue weighted by atomic mass is 10.2. The average molecular weight is 368 g/mol. The van der Waals surface area contributed by atoms with E-state index in [1.54, 1.807) is 0 Å². The first-order valence-electron chi connectivity index (χ1n) is 7.04. The van der Waals surface area contributed by atoms with E-state index in [0.29, 0.717) is 5.69 Å². The number of carbonyl (C=O) groups is 2. The van der Waals surface area contributed by atoms with Crippen molar-refractivity contribution in [3.05, 3.63) is 58.9 Å². The summed E-state index contributed by atoms with van der Waals surface area (Å²) in [6, 6.07) is 11.5. The zero-order valence-corrected chi connectivity index (χ0v) is 14.4. The maximum Gasteiger partial charge on any atom is 0.316 e. The fourth-order valence-electron chi connectivity index (χ4n) is 1.81. The number of rotatable bonds is 6. The smallest absolute Gasteiger partial charge is 0.316 e. The number of ether oxygens (including phenoxy) is 1. The molecular weight excluding hydrogens is 353 g/mol. The molecule has 0 saturated carbocycles. The van der Waals surface area contributed by atoms with Crippen LogP contribution in [0.3, 0.4) is 0 Å². The number of thioether (sulfide) groups is 1. The van der Waals surface area contributed by atoms with Gasteiger partial charge in [-0.05, 0) is 36.8 Å². The van der Waals surface area contributed by atoms with Gasteiger partial charge in [0.2, 0.25) is 0 Å². The first kappa shape index (κ1) is 18.3. The molecule has 2 aromatic rings. The molecule has 4 nitrogen and oxygen atoms in total. The predicted octanol–water partition coefficient (Wildman–Crippen LogP) is 4.06. The molecule has 2 rings (SSSR count). The van der Waals surface area contributed by atoms with Gasteiger partial charge in [-0.3, -0.25) is 9.59 Å². The monoisotopic (exact) mass is 367 g/mol. The van der Waals surface area contributed by atoms with Crippen molar-refractivity contribution in [1.82, 2.24) is 0 Å². The summed E-state index contributed by atoms with van der Waals surface area (Å²) in [5, 5.41) is 2.38. The Morgan fingerprint density at radius 3 is 2.71 bits per heavy atom. The minimum Gasteiger partial charge on any atom is -0.455 e. The normalized spacial score (nSPS) is 10.3. The number of nitrogens with one attached hydrogen (secondary N) is 1. The zero-order valence-electron chi connectivity index (χ0n) is 12.8. The van der Waals surface area contributed by atoms with Gasteiger partial charge in [-0.25, -0.2) is 4.39 Å². The molecular formula is C17H15ClFNO3S. The molecule has 7 heteroatoms. The van der Waals surface area contributed by atoms with Gasteiger partial charge in [0.25, 0.3) is 5.91 Å². The van der Waals surface area contributed by atoms with Crippen LogP contribution < -0.4 is 5.32 Å². The van der Waals surface area contributed by atoms with Gasteiger partial charge < -0.3 is 10.1 Å². The van der Waals surface area contributed by atoms with E-state index in [2.05, 4.69) is 5.32 Å². The van der Waals surface area contributed by atoms with Crippen molar-refractivity contribution in [3.63, 3.8) is 0 Å². The number of benzene rings is 2. The number of hydrogen-bond donors (Lipinski definition) is 1. The number of esters is 1. The summed E-state index contributed by atoms with van der Waals surface area (Å²) in [6.45, 7) is 1.54. The summed E-state index contributed by atoms with van der Waals surface area (Å²) in [4.78, 5) is 24.4. The molecule has 24 heavy (non-hydrogen) atoms. The van der Waals surface area contributed by atoms with Crippen LogP contribution in [0.5, 0.6) is 0 Å². The Balaban J connectivity index is 1.76.